The van der Waals surface area contributed by atoms with Gasteiger partial charge in [-0.2, -0.15) is 4.36 Å². The van der Waals surface area contributed by atoms with Gasteiger partial charge in [0.1, 0.15) is 29.0 Å². The van der Waals surface area contributed by atoms with E-state index in [0.717, 1.165) is 12.3 Å². The van der Waals surface area contributed by atoms with E-state index in [9.17, 15) is 18.1 Å². The number of aromatic nitrogens is 2. The third-order valence-electron chi connectivity index (χ3n) is 4.17. The van der Waals surface area contributed by atoms with Crippen LogP contribution in [0.4, 0.5) is 25.2 Å². The Balaban J connectivity index is 1.90. The minimum atomic E-state index is -3.03. The monoisotopic (exact) mass is 450 g/mol. The number of amides is 1. The molecule has 0 saturated carbocycles. The van der Waals surface area contributed by atoms with Crippen LogP contribution in [-0.4, -0.2) is 39.1 Å². The van der Waals surface area contributed by atoms with Gasteiger partial charge in [0.25, 0.3) is 0 Å². The lowest BCUT2D eigenvalue weighted by atomic mass is 10.0. The first-order valence-electron chi connectivity index (χ1n) is 8.93. The van der Waals surface area contributed by atoms with Gasteiger partial charge in [-0.05, 0) is 42.2 Å². The molecule has 3 rings (SSSR count). The van der Waals surface area contributed by atoms with Gasteiger partial charge in [0.2, 0.25) is 0 Å². The lowest BCUT2D eigenvalue weighted by Gasteiger charge is -2.17. The smallest absolute Gasteiger partial charge is 0.437 e. The first-order chi connectivity index (χ1) is 14.7. The Kier molecular flexibility index (Phi) is 6.56. The normalized spacial score (nSPS) is 11.6. The summed E-state index contributed by atoms with van der Waals surface area (Å²) in [5, 5.41) is 11.7. The molecule has 2 aromatic heterocycles. The number of carbonyl (C=O) groups is 1. The standard InChI is InChI=1S/C20H20F2N4O4S/c1-30-17-8-13(21)3-4-14(17)15-9-19(24-10-16(15)22)25-18-7-12(5-6-23-18)11-31(2,29)26-20(27)28/h3-10,31H,11H2,1-2H3,(H,26,29)(H,27,28)(H,23,24,25). The molecule has 0 aliphatic heterocycles. The van der Waals surface area contributed by atoms with E-state index in [1.807, 2.05) is 0 Å². The number of rotatable bonds is 6. The van der Waals surface area contributed by atoms with Gasteiger partial charge >= 0.3 is 6.09 Å². The molecule has 0 bridgehead atoms. The van der Waals surface area contributed by atoms with Crippen LogP contribution in [0.25, 0.3) is 11.1 Å². The first kappa shape index (κ1) is 22.2. The molecule has 1 aromatic carbocycles. The van der Waals surface area contributed by atoms with Crippen LogP contribution in [0.1, 0.15) is 5.56 Å². The van der Waals surface area contributed by atoms with Crippen molar-refractivity contribution >= 4 is 27.8 Å². The van der Waals surface area contributed by atoms with Crippen molar-refractivity contribution in [2.45, 2.75) is 5.75 Å². The van der Waals surface area contributed by atoms with Crippen LogP contribution in [-0.2, 0) is 15.9 Å². The van der Waals surface area contributed by atoms with Gasteiger partial charge in [-0.25, -0.2) is 23.5 Å². The summed E-state index contributed by atoms with van der Waals surface area (Å²) in [4.78, 5) is 18.9. The third-order valence-corrected chi connectivity index (χ3v) is 5.74. The molecule has 0 aliphatic carbocycles. The zero-order chi connectivity index (χ0) is 22.6. The van der Waals surface area contributed by atoms with Crippen molar-refractivity contribution in [3.05, 3.63) is 66.0 Å². The lowest BCUT2D eigenvalue weighted by Crippen LogP contribution is -2.13. The topological polar surface area (TPSA) is 117 Å². The highest BCUT2D eigenvalue weighted by Crippen LogP contribution is 2.33. The molecule has 2 heterocycles. The minimum Gasteiger partial charge on any atom is -0.496 e. The number of nitrogens with zero attached hydrogens (tertiary/aromatic N) is 3. The highest BCUT2D eigenvalue weighted by Gasteiger charge is 2.14. The van der Waals surface area contributed by atoms with E-state index in [4.69, 9.17) is 9.84 Å². The zero-order valence-electron chi connectivity index (χ0n) is 16.6. The molecule has 3 N–H and O–H groups in total. The number of hydrogen-bond acceptors (Lipinski definition) is 5. The minimum absolute atomic E-state index is 0.0470. The van der Waals surface area contributed by atoms with E-state index in [2.05, 4.69) is 19.6 Å². The first-order valence-corrected chi connectivity index (χ1v) is 11.3. The summed E-state index contributed by atoms with van der Waals surface area (Å²) in [6.07, 6.45) is 2.46. The number of ether oxygens (including phenoxy) is 1. The van der Waals surface area contributed by atoms with Crippen molar-refractivity contribution in [3.63, 3.8) is 0 Å². The van der Waals surface area contributed by atoms with E-state index in [0.29, 0.717) is 16.9 Å². The molecular formula is C20H20F2N4O4S. The SMILES string of the molecule is COc1cc(F)ccc1-c1cc(Nc2cc(C[SH](C)(O)=NC(=O)O)ccn2)ncc1F. The van der Waals surface area contributed by atoms with E-state index in [1.54, 1.807) is 12.1 Å². The summed E-state index contributed by atoms with van der Waals surface area (Å²) in [6, 6.07) is 8.44. The fourth-order valence-electron chi connectivity index (χ4n) is 2.94. The maximum atomic E-state index is 14.4. The van der Waals surface area contributed by atoms with Crippen molar-refractivity contribution in [2.75, 3.05) is 18.7 Å². The fraction of sp³-hybridized carbons (Fsp3) is 0.150. The van der Waals surface area contributed by atoms with Crippen molar-refractivity contribution in [1.82, 2.24) is 9.97 Å². The van der Waals surface area contributed by atoms with Gasteiger partial charge in [-0.3, -0.25) is 0 Å². The van der Waals surface area contributed by atoms with Gasteiger partial charge < -0.3 is 19.7 Å². The summed E-state index contributed by atoms with van der Waals surface area (Å²) >= 11 is 0. The zero-order valence-corrected chi connectivity index (χ0v) is 17.5. The lowest BCUT2D eigenvalue weighted by molar-refractivity contribution is 0.206. The van der Waals surface area contributed by atoms with Crippen molar-refractivity contribution in [3.8, 4) is 16.9 Å². The molecule has 0 atom stereocenters. The second-order valence-corrected chi connectivity index (χ2v) is 9.39. The van der Waals surface area contributed by atoms with Gasteiger partial charge in [-0.1, -0.05) is 10.1 Å². The number of carboxylic acid groups (broad SMARTS) is 1. The number of halogens is 2. The average molecular weight is 450 g/mol. The van der Waals surface area contributed by atoms with Crippen LogP contribution in [0, 0.1) is 11.6 Å². The van der Waals surface area contributed by atoms with E-state index >= 15 is 0 Å². The van der Waals surface area contributed by atoms with Gasteiger partial charge in [-0.15, -0.1) is 0 Å². The van der Waals surface area contributed by atoms with Crippen LogP contribution >= 0.6 is 0 Å². The molecule has 3 aromatic rings. The van der Waals surface area contributed by atoms with Crippen LogP contribution in [0.5, 0.6) is 5.75 Å². The number of methoxy groups -OCH3 is 1. The molecule has 31 heavy (non-hydrogen) atoms. The van der Waals surface area contributed by atoms with Gasteiger partial charge in [0.15, 0.2) is 0 Å². The average Bonchev–Trinajstić information content (AvgIpc) is 2.68. The molecule has 0 saturated heterocycles. The second-order valence-electron chi connectivity index (χ2n) is 6.70. The van der Waals surface area contributed by atoms with Crippen LogP contribution < -0.4 is 10.1 Å². The van der Waals surface area contributed by atoms with Gasteiger partial charge in [0, 0.05) is 29.1 Å². The molecule has 0 radical (unpaired) electrons. The van der Waals surface area contributed by atoms with Crippen molar-refractivity contribution in [1.29, 1.82) is 0 Å². The molecule has 0 fully saturated rings. The summed E-state index contributed by atoms with van der Waals surface area (Å²) in [7, 11) is -1.67. The predicted octanol–water partition coefficient (Wildman–Crippen LogP) is 4.52. The summed E-state index contributed by atoms with van der Waals surface area (Å²) < 4.78 is 46.6. The predicted molar refractivity (Wildman–Crippen MR) is 115 cm³/mol. The second kappa shape index (κ2) is 9.14. The third kappa shape index (κ3) is 5.80. The van der Waals surface area contributed by atoms with Crippen molar-refractivity contribution in [2.24, 2.45) is 4.36 Å². The van der Waals surface area contributed by atoms with E-state index in [-0.39, 0.29) is 22.9 Å². The number of thiol groups is 1. The highest BCUT2D eigenvalue weighted by atomic mass is 32.3. The van der Waals surface area contributed by atoms with Crippen LogP contribution in [0.15, 0.2) is 53.2 Å². The largest absolute Gasteiger partial charge is 0.496 e. The Morgan fingerprint density at radius 3 is 2.61 bits per heavy atom. The Labute approximate surface area is 177 Å². The molecular weight excluding hydrogens is 430 g/mol. The molecule has 8 nitrogen and oxygen atoms in total. The number of pyridine rings is 2. The van der Waals surface area contributed by atoms with E-state index in [1.165, 1.54) is 37.8 Å². The summed E-state index contributed by atoms with van der Waals surface area (Å²) in [5.41, 5.74) is 1.12. The molecule has 164 valence electrons. The number of benzene rings is 1. The Bertz CT molecular complexity index is 1180. The van der Waals surface area contributed by atoms with Crippen LogP contribution in [0.2, 0.25) is 0 Å². The number of anilines is 2. The van der Waals surface area contributed by atoms with Crippen molar-refractivity contribution < 1.29 is 28.0 Å². The quantitative estimate of drug-likeness (QED) is 0.408. The Morgan fingerprint density at radius 1 is 1.16 bits per heavy atom. The maximum Gasteiger partial charge on any atom is 0.437 e. The highest BCUT2D eigenvalue weighted by molar-refractivity contribution is 7.98. The maximum absolute atomic E-state index is 14.4. The van der Waals surface area contributed by atoms with Crippen LogP contribution in [0.3, 0.4) is 0 Å². The Morgan fingerprint density at radius 2 is 1.90 bits per heavy atom. The van der Waals surface area contributed by atoms with E-state index < -0.39 is 27.8 Å². The summed E-state index contributed by atoms with van der Waals surface area (Å²) in [5.74, 6) is -0.292. The summed E-state index contributed by atoms with van der Waals surface area (Å²) in [6.45, 7) is 0. The Hall–Kier alpha value is -3.44. The molecule has 1 amide bonds. The number of nitrogens with one attached hydrogen (secondary N) is 1. The van der Waals surface area contributed by atoms with Gasteiger partial charge in [0.05, 0.1) is 13.3 Å². The number of hydrogen-bond donors (Lipinski definition) is 4. The molecule has 0 spiro atoms. The molecule has 0 aliphatic rings. The fourth-order valence-corrected chi connectivity index (χ4v) is 4.27. The molecule has 11 heteroatoms. The molecule has 0 unspecified atom stereocenters.